The van der Waals surface area contributed by atoms with Crippen molar-refractivity contribution in [3.05, 3.63) is 22.8 Å². The smallest absolute Gasteiger partial charge is 0.352 e. The maximum Gasteiger partial charge on any atom is 0.417 e. The van der Waals surface area contributed by atoms with E-state index in [1.807, 2.05) is 0 Å². The molecule has 0 unspecified atom stereocenters. The van der Waals surface area contributed by atoms with E-state index in [0.717, 1.165) is 12.3 Å². The van der Waals surface area contributed by atoms with Gasteiger partial charge in [0.2, 0.25) is 11.8 Å². The first-order valence-corrected chi connectivity index (χ1v) is 8.19. The monoisotopic (exact) mass is 376 g/mol. The summed E-state index contributed by atoms with van der Waals surface area (Å²) in [7, 11) is 0. The number of hydrogen-bond donors (Lipinski definition) is 1. The molecular formula is C15H16ClF3N4O2. The quantitative estimate of drug-likeness (QED) is 0.853. The minimum atomic E-state index is -4.49. The molecule has 2 saturated heterocycles. The Labute approximate surface area is 146 Å². The molecule has 0 radical (unpaired) electrons. The number of rotatable bonds is 2. The third kappa shape index (κ3) is 3.81. The predicted molar refractivity (Wildman–Crippen MR) is 84.2 cm³/mol. The van der Waals surface area contributed by atoms with Crippen LogP contribution in [0.4, 0.5) is 19.0 Å². The summed E-state index contributed by atoms with van der Waals surface area (Å²) in [5.74, 6) is 0.0191. The number of carbonyl (C=O) groups excluding carboxylic acids is 2. The molecule has 2 fully saturated rings. The second-order valence-electron chi connectivity index (χ2n) is 6.00. The molecule has 1 N–H and O–H groups in total. The number of nitrogens with one attached hydrogen (secondary N) is 1. The van der Waals surface area contributed by atoms with Crippen molar-refractivity contribution in [1.29, 1.82) is 0 Å². The lowest BCUT2D eigenvalue weighted by Crippen LogP contribution is -2.53. The number of hydrogen-bond acceptors (Lipinski definition) is 4. The molecule has 0 spiro atoms. The molecule has 3 heterocycles. The first-order valence-electron chi connectivity index (χ1n) is 7.81. The first kappa shape index (κ1) is 17.8. The van der Waals surface area contributed by atoms with E-state index in [4.69, 9.17) is 11.6 Å². The van der Waals surface area contributed by atoms with E-state index >= 15 is 0 Å². The fourth-order valence-electron chi connectivity index (χ4n) is 2.98. The highest BCUT2D eigenvalue weighted by molar-refractivity contribution is 6.33. The molecule has 0 saturated carbocycles. The number of piperazine rings is 1. The molecule has 0 aromatic carbocycles. The Kier molecular flexibility index (Phi) is 4.77. The van der Waals surface area contributed by atoms with Crippen molar-refractivity contribution in [3.63, 3.8) is 0 Å². The largest absolute Gasteiger partial charge is 0.417 e. The summed E-state index contributed by atoms with van der Waals surface area (Å²) in [4.78, 5) is 30.8. The van der Waals surface area contributed by atoms with E-state index in [1.54, 1.807) is 9.80 Å². The predicted octanol–water partition coefficient (Wildman–Crippen LogP) is 1.68. The van der Waals surface area contributed by atoms with Crippen LogP contribution >= 0.6 is 11.6 Å². The fourth-order valence-corrected chi connectivity index (χ4v) is 3.26. The lowest BCUT2D eigenvalue weighted by atomic mass is 10.2. The standard InChI is InChI=1S/C15H16ClF3N4O2/c16-10-7-9(15(17,18)19)8-20-13(10)22-3-5-23(6-4-22)14(25)11-1-2-12(24)21-11/h7-8,11H,1-6H2,(H,21,24)/t11-/m1/s1. The van der Waals surface area contributed by atoms with Crippen LogP contribution in [0.1, 0.15) is 18.4 Å². The minimum absolute atomic E-state index is 0.0716. The molecule has 25 heavy (non-hydrogen) atoms. The summed E-state index contributed by atoms with van der Waals surface area (Å²) in [5, 5.41) is 2.57. The molecule has 3 rings (SSSR count). The molecule has 1 aromatic rings. The topological polar surface area (TPSA) is 65.5 Å². The third-order valence-electron chi connectivity index (χ3n) is 4.33. The van der Waals surface area contributed by atoms with E-state index in [9.17, 15) is 22.8 Å². The lowest BCUT2D eigenvalue weighted by molar-refractivity contribution is -0.138. The van der Waals surface area contributed by atoms with Gasteiger partial charge in [-0.3, -0.25) is 9.59 Å². The molecule has 6 nitrogen and oxygen atoms in total. The summed E-state index contributed by atoms with van der Waals surface area (Å²) in [6, 6.07) is 0.377. The van der Waals surface area contributed by atoms with E-state index < -0.39 is 17.8 Å². The van der Waals surface area contributed by atoms with Gasteiger partial charge in [0, 0.05) is 38.8 Å². The zero-order chi connectivity index (χ0) is 18.2. The number of carbonyl (C=O) groups is 2. The Balaban J connectivity index is 1.62. The number of anilines is 1. The number of aromatic nitrogens is 1. The number of nitrogens with zero attached hydrogens (tertiary/aromatic N) is 3. The second kappa shape index (κ2) is 6.70. The van der Waals surface area contributed by atoms with E-state index in [1.165, 1.54) is 0 Å². The van der Waals surface area contributed by atoms with Crippen molar-refractivity contribution in [1.82, 2.24) is 15.2 Å². The molecule has 136 valence electrons. The van der Waals surface area contributed by atoms with Gasteiger partial charge in [0.05, 0.1) is 10.6 Å². The van der Waals surface area contributed by atoms with Crippen LogP contribution in [0.2, 0.25) is 5.02 Å². The van der Waals surface area contributed by atoms with Crippen molar-refractivity contribution >= 4 is 29.2 Å². The van der Waals surface area contributed by atoms with Crippen molar-refractivity contribution in [2.45, 2.75) is 25.1 Å². The van der Waals surface area contributed by atoms with Gasteiger partial charge in [-0.05, 0) is 12.5 Å². The van der Waals surface area contributed by atoms with Crippen LogP contribution in [0, 0.1) is 0 Å². The number of halogens is 4. The van der Waals surface area contributed by atoms with Crippen LogP contribution in [0.5, 0.6) is 0 Å². The van der Waals surface area contributed by atoms with Gasteiger partial charge in [0.1, 0.15) is 11.9 Å². The highest BCUT2D eigenvalue weighted by atomic mass is 35.5. The van der Waals surface area contributed by atoms with Crippen molar-refractivity contribution in [2.75, 3.05) is 31.1 Å². The Hall–Kier alpha value is -2.03. The first-order chi connectivity index (χ1) is 11.8. The lowest BCUT2D eigenvalue weighted by Gasteiger charge is -2.36. The summed E-state index contributed by atoms with van der Waals surface area (Å²) >= 11 is 5.96. The number of pyridine rings is 1. The number of amides is 2. The van der Waals surface area contributed by atoms with Gasteiger partial charge in [-0.2, -0.15) is 13.2 Å². The number of alkyl halides is 3. The van der Waals surface area contributed by atoms with Gasteiger partial charge in [-0.15, -0.1) is 0 Å². The summed E-state index contributed by atoms with van der Waals surface area (Å²) in [6.07, 6.45) is -2.90. The van der Waals surface area contributed by atoms with Gasteiger partial charge < -0.3 is 15.1 Å². The highest BCUT2D eigenvalue weighted by Gasteiger charge is 2.34. The minimum Gasteiger partial charge on any atom is -0.352 e. The van der Waals surface area contributed by atoms with Gasteiger partial charge in [0.15, 0.2) is 0 Å². The Bertz CT molecular complexity index is 690. The Morgan fingerprint density at radius 2 is 1.96 bits per heavy atom. The summed E-state index contributed by atoms with van der Waals surface area (Å²) in [6.45, 7) is 1.60. The molecule has 1 atom stereocenters. The van der Waals surface area contributed by atoms with Crippen LogP contribution < -0.4 is 10.2 Å². The van der Waals surface area contributed by atoms with E-state index in [-0.39, 0.29) is 22.7 Å². The van der Waals surface area contributed by atoms with Crippen LogP contribution in [0.3, 0.4) is 0 Å². The molecule has 10 heteroatoms. The van der Waals surface area contributed by atoms with E-state index in [0.29, 0.717) is 39.0 Å². The molecule has 1 aromatic heterocycles. The molecular weight excluding hydrogens is 361 g/mol. The van der Waals surface area contributed by atoms with Crippen LogP contribution in [-0.4, -0.2) is 53.9 Å². The van der Waals surface area contributed by atoms with Gasteiger partial charge in [-0.25, -0.2) is 4.98 Å². The zero-order valence-electron chi connectivity index (χ0n) is 13.1. The average molecular weight is 377 g/mol. The van der Waals surface area contributed by atoms with Gasteiger partial charge in [-0.1, -0.05) is 11.6 Å². The van der Waals surface area contributed by atoms with E-state index in [2.05, 4.69) is 10.3 Å². The Morgan fingerprint density at radius 1 is 1.28 bits per heavy atom. The van der Waals surface area contributed by atoms with Crippen molar-refractivity contribution < 1.29 is 22.8 Å². The summed E-state index contributed by atoms with van der Waals surface area (Å²) < 4.78 is 38.0. The molecule has 0 aliphatic carbocycles. The molecule has 2 aliphatic heterocycles. The Morgan fingerprint density at radius 3 is 2.48 bits per heavy atom. The zero-order valence-corrected chi connectivity index (χ0v) is 13.9. The highest BCUT2D eigenvalue weighted by Crippen LogP contribution is 2.33. The van der Waals surface area contributed by atoms with Gasteiger partial charge >= 0.3 is 6.18 Å². The van der Waals surface area contributed by atoms with Crippen molar-refractivity contribution in [3.8, 4) is 0 Å². The molecule has 0 bridgehead atoms. The summed E-state index contributed by atoms with van der Waals surface area (Å²) in [5.41, 5.74) is -0.896. The van der Waals surface area contributed by atoms with Gasteiger partial charge in [0.25, 0.3) is 0 Å². The third-order valence-corrected chi connectivity index (χ3v) is 4.61. The SMILES string of the molecule is O=C1CC[C@H](C(=O)N2CCN(c3ncc(C(F)(F)F)cc3Cl)CC2)N1. The van der Waals surface area contributed by atoms with Crippen molar-refractivity contribution in [2.24, 2.45) is 0 Å². The normalized spacial score (nSPS) is 21.4. The molecule has 2 amide bonds. The fraction of sp³-hybridized carbons (Fsp3) is 0.533. The average Bonchev–Trinajstić information content (AvgIpc) is 3.00. The van der Waals surface area contributed by atoms with Crippen LogP contribution in [-0.2, 0) is 15.8 Å². The molecule has 2 aliphatic rings. The maximum atomic E-state index is 12.7. The van der Waals surface area contributed by atoms with Crippen LogP contribution in [0.15, 0.2) is 12.3 Å². The van der Waals surface area contributed by atoms with Crippen LogP contribution in [0.25, 0.3) is 0 Å². The second-order valence-corrected chi connectivity index (χ2v) is 6.41. The maximum absolute atomic E-state index is 12.7.